The molecule has 0 aliphatic carbocycles. The molecule has 0 bridgehead atoms. The third-order valence-corrected chi connectivity index (χ3v) is 5.94. The molecule has 0 atom stereocenters. The maximum atomic E-state index is 13.8. The first-order valence-electron chi connectivity index (χ1n) is 8.21. The first-order chi connectivity index (χ1) is 13.3. The monoisotopic (exact) mass is 462 g/mol. The summed E-state index contributed by atoms with van der Waals surface area (Å²) in [6, 6.07) is 16.8. The molecule has 0 aliphatic heterocycles. The van der Waals surface area contributed by atoms with Crippen LogP contribution in [-0.4, -0.2) is 14.3 Å². The van der Waals surface area contributed by atoms with Crippen LogP contribution in [0.2, 0.25) is 0 Å². The second kappa shape index (κ2) is 8.12. The lowest BCUT2D eigenvalue weighted by Crippen LogP contribution is -2.17. The Kier molecular flexibility index (Phi) is 5.81. The largest absolute Gasteiger partial charge is 0.322 e. The Labute approximate surface area is 170 Å². The SMILES string of the molecule is Cc1ccc(NC(=O)c2cccc(Br)c2)cc1S(=O)(=O)Nc1ccccc1F. The molecule has 0 saturated carbocycles. The number of aryl methyl sites for hydroxylation is 1. The Morgan fingerprint density at radius 1 is 1.00 bits per heavy atom. The molecule has 0 spiro atoms. The van der Waals surface area contributed by atoms with Crippen LogP contribution in [0, 0.1) is 12.7 Å². The van der Waals surface area contributed by atoms with Gasteiger partial charge in [0.2, 0.25) is 0 Å². The minimum atomic E-state index is -4.04. The summed E-state index contributed by atoms with van der Waals surface area (Å²) in [5, 5.41) is 2.67. The van der Waals surface area contributed by atoms with E-state index in [1.165, 1.54) is 30.3 Å². The Hall–Kier alpha value is -2.71. The van der Waals surface area contributed by atoms with Gasteiger partial charge < -0.3 is 5.32 Å². The van der Waals surface area contributed by atoms with Crippen LogP contribution in [-0.2, 0) is 10.0 Å². The van der Waals surface area contributed by atoms with Crippen molar-refractivity contribution in [1.29, 1.82) is 0 Å². The van der Waals surface area contributed by atoms with Gasteiger partial charge in [0.05, 0.1) is 10.6 Å². The van der Waals surface area contributed by atoms with Gasteiger partial charge in [-0.05, 0) is 55.0 Å². The molecule has 3 aromatic carbocycles. The fourth-order valence-electron chi connectivity index (χ4n) is 2.54. The summed E-state index contributed by atoms with van der Waals surface area (Å²) in [6.45, 7) is 1.62. The zero-order chi connectivity index (χ0) is 20.3. The third-order valence-electron chi connectivity index (χ3n) is 3.94. The standard InChI is InChI=1S/C20H16BrFN2O3S/c1-13-9-10-16(23-20(25)14-5-4-6-15(21)11-14)12-19(13)28(26,27)24-18-8-3-2-7-17(18)22/h2-12,24H,1H3,(H,23,25). The number of hydrogen-bond acceptors (Lipinski definition) is 3. The molecule has 3 aromatic rings. The summed E-state index contributed by atoms with van der Waals surface area (Å²) in [7, 11) is -4.04. The molecule has 0 unspecified atom stereocenters. The van der Waals surface area contributed by atoms with Crippen LogP contribution in [0.25, 0.3) is 0 Å². The van der Waals surface area contributed by atoms with Gasteiger partial charge in [0, 0.05) is 15.7 Å². The molecule has 2 N–H and O–H groups in total. The number of carbonyl (C=O) groups excluding carboxylic acids is 1. The molecular formula is C20H16BrFN2O3S. The Balaban J connectivity index is 1.89. The number of sulfonamides is 1. The summed E-state index contributed by atoms with van der Waals surface area (Å²) in [5.41, 5.74) is 1.04. The van der Waals surface area contributed by atoms with Crippen LogP contribution in [0.4, 0.5) is 15.8 Å². The number of rotatable bonds is 5. The average Bonchev–Trinajstić information content (AvgIpc) is 2.65. The number of para-hydroxylation sites is 1. The molecule has 28 heavy (non-hydrogen) atoms. The van der Waals surface area contributed by atoms with Crippen molar-refractivity contribution in [3.05, 3.63) is 88.1 Å². The normalized spacial score (nSPS) is 11.1. The summed E-state index contributed by atoms with van der Waals surface area (Å²) in [6.07, 6.45) is 0. The molecule has 5 nitrogen and oxygen atoms in total. The van der Waals surface area contributed by atoms with Gasteiger partial charge in [0.25, 0.3) is 15.9 Å². The Bertz CT molecular complexity index is 1150. The molecule has 0 aliphatic rings. The first kappa shape index (κ1) is 20.0. The molecule has 144 valence electrons. The van der Waals surface area contributed by atoms with Crippen molar-refractivity contribution in [2.45, 2.75) is 11.8 Å². The lowest BCUT2D eigenvalue weighted by molar-refractivity contribution is 0.102. The minimum Gasteiger partial charge on any atom is -0.322 e. The molecule has 3 rings (SSSR count). The first-order valence-corrected chi connectivity index (χ1v) is 10.5. The van der Waals surface area contributed by atoms with Gasteiger partial charge in [-0.1, -0.05) is 40.2 Å². The van der Waals surface area contributed by atoms with Crippen molar-refractivity contribution in [1.82, 2.24) is 0 Å². The number of benzene rings is 3. The van der Waals surface area contributed by atoms with Crippen LogP contribution in [0.15, 0.2) is 76.1 Å². The number of nitrogens with one attached hydrogen (secondary N) is 2. The average molecular weight is 463 g/mol. The Morgan fingerprint density at radius 2 is 1.75 bits per heavy atom. The van der Waals surface area contributed by atoms with Gasteiger partial charge in [0.15, 0.2) is 0 Å². The van der Waals surface area contributed by atoms with Crippen LogP contribution < -0.4 is 10.0 Å². The molecule has 8 heteroatoms. The van der Waals surface area contributed by atoms with E-state index in [0.717, 1.165) is 4.47 Å². The van der Waals surface area contributed by atoms with Crippen molar-refractivity contribution in [3.63, 3.8) is 0 Å². The van der Waals surface area contributed by atoms with E-state index in [1.807, 2.05) is 0 Å². The highest BCUT2D eigenvalue weighted by Crippen LogP contribution is 2.24. The number of halogens is 2. The second-order valence-electron chi connectivity index (χ2n) is 6.03. The number of anilines is 2. The highest BCUT2D eigenvalue weighted by molar-refractivity contribution is 9.10. The van der Waals surface area contributed by atoms with E-state index in [4.69, 9.17) is 0 Å². The van der Waals surface area contributed by atoms with Crippen molar-refractivity contribution in [3.8, 4) is 0 Å². The number of carbonyl (C=O) groups is 1. The predicted octanol–water partition coefficient (Wildman–Crippen LogP) is 4.95. The summed E-state index contributed by atoms with van der Waals surface area (Å²) in [5.74, 6) is -1.06. The zero-order valence-electron chi connectivity index (χ0n) is 14.7. The molecule has 0 heterocycles. The molecular weight excluding hydrogens is 447 g/mol. The Morgan fingerprint density at radius 3 is 2.46 bits per heavy atom. The molecule has 0 fully saturated rings. The van der Waals surface area contributed by atoms with E-state index in [1.54, 1.807) is 43.3 Å². The molecule has 0 saturated heterocycles. The van der Waals surface area contributed by atoms with Gasteiger partial charge >= 0.3 is 0 Å². The quantitative estimate of drug-likeness (QED) is 0.563. The van der Waals surface area contributed by atoms with Gasteiger partial charge in [-0.3, -0.25) is 9.52 Å². The minimum absolute atomic E-state index is 0.0530. The summed E-state index contributed by atoms with van der Waals surface area (Å²) < 4.78 is 42.3. The van der Waals surface area contributed by atoms with E-state index >= 15 is 0 Å². The molecule has 0 radical (unpaired) electrons. The highest BCUT2D eigenvalue weighted by atomic mass is 79.9. The van der Waals surface area contributed by atoms with E-state index < -0.39 is 15.8 Å². The van der Waals surface area contributed by atoms with Crippen molar-refractivity contribution in [2.75, 3.05) is 10.0 Å². The fraction of sp³-hybridized carbons (Fsp3) is 0.0500. The smallest absolute Gasteiger partial charge is 0.262 e. The van der Waals surface area contributed by atoms with Crippen molar-refractivity contribution >= 4 is 43.2 Å². The van der Waals surface area contributed by atoms with Gasteiger partial charge in [-0.15, -0.1) is 0 Å². The summed E-state index contributed by atoms with van der Waals surface area (Å²) >= 11 is 3.30. The van der Waals surface area contributed by atoms with Gasteiger partial charge in [-0.25, -0.2) is 12.8 Å². The predicted molar refractivity (Wildman–Crippen MR) is 110 cm³/mol. The maximum absolute atomic E-state index is 13.8. The molecule has 0 aromatic heterocycles. The van der Waals surface area contributed by atoms with Crippen LogP contribution in [0.5, 0.6) is 0 Å². The zero-order valence-corrected chi connectivity index (χ0v) is 17.1. The van der Waals surface area contributed by atoms with Crippen LogP contribution >= 0.6 is 15.9 Å². The van der Waals surface area contributed by atoms with Crippen LogP contribution in [0.3, 0.4) is 0 Å². The molecule has 1 amide bonds. The lowest BCUT2D eigenvalue weighted by atomic mass is 10.2. The number of hydrogen-bond donors (Lipinski definition) is 2. The van der Waals surface area contributed by atoms with E-state index in [-0.39, 0.29) is 16.5 Å². The lowest BCUT2D eigenvalue weighted by Gasteiger charge is -2.13. The number of amides is 1. The van der Waals surface area contributed by atoms with Gasteiger partial charge in [0.1, 0.15) is 5.82 Å². The third kappa shape index (κ3) is 4.58. The van der Waals surface area contributed by atoms with E-state index in [2.05, 4.69) is 26.0 Å². The van der Waals surface area contributed by atoms with Crippen molar-refractivity contribution in [2.24, 2.45) is 0 Å². The topological polar surface area (TPSA) is 75.3 Å². The highest BCUT2D eigenvalue weighted by Gasteiger charge is 2.20. The van der Waals surface area contributed by atoms with E-state index in [9.17, 15) is 17.6 Å². The summed E-state index contributed by atoms with van der Waals surface area (Å²) in [4.78, 5) is 12.3. The van der Waals surface area contributed by atoms with E-state index in [0.29, 0.717) is 16.8 Å². The van der Waals surface area contributed by atoms with Gasteiger partial charge in [-0.2, -0.15) is 0 Å². The fourth-order valence-corrected chi connectivity index (χ4v) is 4.28. The van der Waals surface area contributed by atoms with Crippen LogP contribution in [0.1, 0.15) is 15.9 Å². The maximum Gasteiger partial charge on any atom is 0.262 e. The van der Waals surface area contributed by atoms with Crippen molar-refractivity contribution < 1.29 is 17.6 Å². The second-order valence-corrected chi connectivity index (χ2v) is 8.60.